The summed E-state index contributed by atoms with van der Waals surface area (Å²) in [6.07, 6.45) is -5.00. The topological polar surface area (TPSA) is 64.6 Å². The van der Waals surface area contributed by atoms with Crippen LogP contribution in [0.1, 0.15) is 24.5 Å². The van der Waals surface area contributed by atoms with Gasteiger partial charge >= 0.3 is 12.1 Å². The summed E-state index contributed by atoms with van der Waals surface area (Å²) in [5, 5.41) is 2.41. The predicted molar refractivity (Wildman–Crippen MR) is 96.9 cm³/mol. The lowest BCUT2D eigenvalue weighted by Crippen LogP contribution is -2.30. The summed E-state index contributed by atoms with van der Waals surface area (Å²) < 4.78 is 47.7. The lowest BCUT2D eigenvalue weighted by molar-refractivity contribution is -0.153. The number of halogens is 3. The number of carbonyl (C=O) groups excluding carboxylic acids is 2. The number of ether oxygens (including phenoxy) is 2. The molecule has 5 nitrogen and oxygen atoms in total. The van der Waals surface area contributed by atoms with Crippen LogP contribution in [-0.2, 0) is 26.9 Å². The van der Waals surface area contributed by atoms with Gasteiger partial charge in [0, 0.05) is 12.1 Å². The van der Waals surface area contributed by atoms with Crippen LogP contribution in [0.25, 0.3) is 0 Å². The van der Waals surface area contributed by atoms with Gasteiger partial charge in [0.2, 0.25) is 0 Å². The van der Waals surface area contributed by atoms with Crippen LogP contribution in [0.2, 0.25) is 0 Å². The van der Waals surface area contributed by atoms with E-state index in [0.717, 1.165) is 29.8 Å². The van der Waals surface area contributed by atoms with E-state index in [-0.39, 0.29) is 12.1 Å². The molecule has 2 rings (SSSR count). The van der Waals surface area contributed by atoms with Crippen LogP contribution >= 0.6 is 0 Å². The number of carbonyl (C=O) groups is 2. The van der Waals surface area contributed by atoms with Gasteiger partial charge in [0.05, 0.1) is 12.7 Å². The number of rotatable bonds is 7. The van der Waals surface area contributed by atoms with E-state index in [1.807, 2.05) is 12.1 Å². The first-order valence-corrected chi connectivity index (χ1v) is 8.49. The number of esters is 1. The number of alkyl halides is 3. The fraction of sp³-hybridized carbons (Fsp3) is 0.300. The fourth-order valence-electron chi connectivity index (χ4n) is 2.33. The molecule has 2 aromatic rings. The summed E-state index contributed by atoms with van der Waals surface area (Å²) in [6, 6.07) is 11.2. The number of hydrogen-bond donors (Lipinski definition) is 1. The number of amides is 1. The van der Waals surface area contributed by atoms with Crippen LogP contribution in [0.4, 0.5) is 18.9 Å². The van der Waals surface area contributed by atoms with Gasteiger partial charge in [-0.25, -0.2) is 0 Å². The van der Waals surface area contributed by atoms with Crippen molar-refractivity contribution in [2.45, 2.75) is 32.0 Å². The van der Waals surface area contributed by atoms with Gasteiger partial charge in [0.1, 0.15) is 5.75 Å². The second-order valence-electron chi connectivity index (χ2n) is 6.04. The van der Waals surface area contributed by atoms with E-state index in [1.165, 1.54) is 6.92 Å². The van der Waals surface area contributed by atoms with Crippen molar-refractivity contribution < 1.29 is 32.2 Å². The smallest absolute Gasteiger partial charge is 0.416 e. The third kappa shape index (κ3) is 6.29. The molecule has 8 heteroatoms. The van der Waals surface area contributed by atoms with Gasteiger partial charge in [-0.2, -0.15) is 13.2 Å². The van der Waals surface area contributed by atoms with Crippen LogP contribution in [0.3, 0.4) is 0 Å². The number of benzene rings is 2. The number of aryl methyl sites for hydroxylation is 1. The molecule has 0 saturated carbocycles. The lowest BCUT2D eigenvalue weighted by Gasteiger charge is -2.14. The molecule has 2 aromatic carbocycles. The molecule has 1 amide bonds. The van der Waals surface area contributed by atoms with Crippen molar-refractivity contribution in [3.8, 4) is 5.75 Å². The Hall–Kier alpha value is -3.03. The van der Waals surface area contributed by atoms with E-state index in [0.29, 0.717) is 12.2 Å². The standard InChI is InChI=1S/C20H20F3NO4/c1-13(19(26)24-16-8-6-15(7-9-16)20(21,22)23)28-18(25)12-5-14-3-10-17(27-2)11-4-14/h3-4,6-11,13H,5,12H2,1-2H3,(H,24,26)/t13-/m0/s1. The number of anilines is 1. The zero-order valence-corrected chi connectivity index (χ0v) is 15.4. The van der Waals surface area contributed by atoms with Crippen LogP contribution in [-0.4, -0.2) is 25.1 Å². The summed E-state index contributed by atoms with van der Waals surface area (Å²) in [7, 11) is 1.56. The zero-order chi connectivity index (χ0) is 20.7. The minimum atomic E-state index is -4.45. The molecule has 0 saturated heterocycles. The van der Waals surface area contributed by atoms with E-state index in [4.69, 9.17) is 9.47 Å². The summed E-state index contributed by atoms with van der Waals surface area (Å²) in [6.45, 7) is 1.39. The van der Waals surface area contributed by atoms with Gasteiger partial charge in [-0.3, -0.25) is 9.59 Å². The molecule has 0 heterocycles. The van der Waals surface area contributed by atoms with Crippen molar-refractivity contribution in [2.75, 3.05) is 12.4 Å². The highest BCUT2D eigenvalue weighted by Crippen LogP contribution is 2.29. The third-order valence-corrected chi connectivity index (χ3v) is 3.93. The minimum Gasteiger partial charge on any atom is -0.497 e. The van der Waals surface area contributed by atoms with Crippen molar-refractivity contribution in [1.29, 1.82) is 0 Å². The molecule has 0 aliphatic heterocycles. The van der Waals surface area contributed by atoms with Crippen molar-refractivity contribution in [2.24, 2.45) is 0 Å². The Kier molecular flexibility index (Phi) is 7.03. The molecule has 0 unspecified atom stereocenters. The Morgan fingerprint density at radius 3 is 2.18 bits per heavy atom. The molecule has 28 heavy (non-hydrogen) atoms. The van der Waals surface area contributed by atoms with Gasteiger partial charge in [-0.05, 0) is 55.3 Å². The molecular formula is C20H20F3NO4. The fourth-order valence-corrected chi connectivity index (χ4v) is 2.33. The van der Waals surface area contributed by atoms with E-state index in [2.05, 4.69) is 5.32 Å². The zero-order valence-electron chi connectivity index (χ0n) is 15.4. The lowest BCUT2D eigenvalue weighted by atomic mass is 10.1. The first-order valence-electron chi connectivity index (χ1n) is 8.49. The van der Waals surface area contributed by atoms with Crippen molar-refractivity contribution >= 4 is 17.6 Å². The number of methoxy groups -OCH3 is 1. The second-order valence-corrected chi connectivity index (χ2v) is 6.04. The van der Waals surface area contributed by atoms with Gasteiger partial charge in [-0.1, -0.05) is 12.1 Å². The Bertz CT molecular complexity index is 802. The average Bonchev–Trinajstić information content (AvgIpc) is 2.66. The quantitative estimate of drug-likeness (QED) is 0.713. The highest BCUT2D eigenvalue weighted by atomic mass is 19.4. The van der Waals surface area contributed by atoms with Crippen molar-refractivity contribution in [1.82, 2.24) is 0 Å². The SMILES string of the molecule is COc1ccc(CCC(=O)O[C@@H](C)C(=O)Nc2ccc(C(F)(F)F)cc2)cc1. The molecule has 0 bridgehead atoms. The first-order chi connectivity index (χ1) is 13.2. The van der Waals surface area contributed by atoms with Gasteiger partial charge in [0.25, 0.3) is 5.91 Å². The largest absolute Gasteiger partial charge is 0.497 e. The Labute approximate surface area is 160 Å². The van der Waals surface area contributed by atoms with Crippen LogP contribution < -0.4 is 10.1 Å². The van der Waals surface area contributed by atoms with Crippen LogP contribution in [0, 0.1) is 0 Å². The van der Waals surface area contributed by atoms with Gasteiger partial charge < -0.3 is 14.8 Å². The highest BCUT2D eigenvalue weighted by molar-refractivity contribution is 5.95. The van der Waals surface area contributed by atoms with E-state index < -0.39 is 29.7 Å². The van der Waals surface area contributed by atoms with E-state index >= 15 is 0 Å². The second kappa shape index (κ2) is 9.25. The Balaban J connectivity index is 1.81. The molecule has 0 aromatic heterocycles. The molecule has 0 radical (unpaired) electrons. The molecule has 150 valence electrons. The molecule has 0 spiro atoms. The highest BCUT2D eigenvalue weighted by Gasteiger charge is 2.30. The normalized spacial score (nSPS) is 12.2. The maximum Gasteiger partial charge on any atom is 0.416 e. The van der Waals surface area contributed by atoms with Gasteiger partial charge in [-0.15, -0.1) is 0 Å². The van der Waals surface area contributed by atoms with Crippen molar-refractivity contribution in [3.05, 3.63) is 59.7 Å². The minimum absolute atomic E-state index is 0.0875. The third-order valence-electron chi connectivity index (χ3n) is 3.93. The molecule has 0 aliphatic rings. The summed E-state index contributed by atoms with van der Waals surface area (Å²) in [4.78, 5) is 24.0. The molecule has 0 aliphatic carbocycles. The van der Waals surface area contributed by atoms with Crippen LogP contribution in [0.15, 0.2) is 48.5 Å². The summed E-state index contributed by atoms with van der Waals surface area (Å²) >= 11 is 0. The molecule has 1 N–H and O–H groups in total. The molecule has 0 fully saturated rings. The Morgan fingerprint density at radius 2 is 1.64 bits per heavy atom. The van der Waals surface area contributed by atoms with Crippen molar-refractivity contribution in [3.63, 3.8) is 0 Å². The summed E-state index contributed by atoms with van der Waals surface area (Å²) in [5.74, 6) is -0.469. The summed E-state index contributed by atoms with van der Waals surface area (Å²) in [5.41, 5.74) is 0.280. The maximum absolute atomic E-state index is 12.5. The average molecular weight is 395 g/mol. The van der Waals surface area contributed by atoms with Crippen LogP contribution in [0.5, 0.6) is 5.75 Å². The van der Waals surface area contributed by atoms with E-state index in [9.17, 15) is 22.8 Å². The number of nitrogens with one attached hydrogen (secondary N) is 1. The maximum atomic E-state index is 12.5. The molecular weight excluding hydrogens is 375 g/mol. The predicted octanol–water partition coefficient (Wildman–Crippen LogP) is 4.22. The monoisotopic (exact) mass is 395 g/mol. The first kappa shape index (κ1) is 21.3. The van der Waals surface area contributed by atoms with Gasteiger partial charge in [0.15, 0.2) is 6.10 Å². The van der Waals surface area contributed by atoms with E-state index in [1.54, 1.807) is 19.2 Å². The number of hydrogen-bond acceptors (Lipinski definition) is 4. The Morgan fingerprint density at radius 1 is 1.04 bits per heavy atom. The molecule has 1 atom stereocenters.